The maximum absolute atomic E-state index is 11.3. The number of hydrogen-bond donors (Lipinski definition) is 1. The number of benzene rings is 1. The molecule has 4 heteroatoms. The number of anilines is 1. The SMILES string of the molecule is C[C@@H]1CC[C@H](Nc2ccc(Cl)c(C[S@](C)=O)c2)C1. The fourth-order valence-corrected chi connectivity index (χ4v) is 3.51. The molecule has 0 saturated heterocycles. The van der Waals surface area contributed by atoms with Crippen LogP contribution < -0.4 is 5.32 Å². The molecule has 1 saturated carbocycles. The molecule has 1 aromatic rings. The monoisotopic (exact) mass is 285 g/mol. The highest BCUT2D eigenvalue weighted by molar-refractivity contribution is 7.83. The number of hydrogen-bond acceptors (Lipinski definition) is 2. The first-order valence-corrected chi connectivity index (χ1v) is 8.50. The van der Waals surface area contributed by atoms with E-state index in [2.05, 4.69) is 12.2 Å². The van der Waals surface area contributed by atoms with Crippen LogP contribution in [0, 0.1) is 5.92 Å². The van der Waals surface area contributed by atoms with Crippen molar-refractivity contribution in [1.29, 1.82) is 0 Å². The van der Waals surface area contributed by atoms with Gasteiger partial charge in [0.1, 0.15) is 0 Å². The molecule has 100 valence electrons. The Kier molecular flexibility index (Phi) is 4.68. The van der Waals surface area contributed by atoms with E-state index in [0.29, 0.717) is 16.8 Å². The first kappa shape index (κ1) is 13.9. The molecule has 18 heavy (non-hydrogen) atoms. The van der Waals surface area contributed by atoms with E-state index in [1.54, 1.807) is 6.26 Å². The van der Waals surface area contributed by atoms with Crippen LogP contribution >= 0.6 is 11.6 Å². The van der Waals surface area contributed by atoms with Gasteiger partial charge in [0.25, 0.3) is 0 Å². The summed E-state index contributed by atoms with van der Waals surface area (Å²) in [6.45, 7) is 2.30. The minimum atomic E-state index is -0.857. The Morgan fingerprint density at radius 1 is 1.44 bits per heavy atom. The van der Waals surface area contributed by atoms with E-state index in [1.807, 2.05) is 18.2 Å². The van der Waals surface area contributed by atoms with E-state index in [0.717, 1.165) is 17.2 Å². The van der Waals surface area contributed by atoms with Gasteiger partial charge in [-0.05, 0) is 48.9 Å². The molecular formula is C14H20ClNOS. The smallest absolute Gasteiger partial charge is 0.0498 e. The molecule has 1 aliphatic carbocycles. The van der Waals surface area contributed by atoms with Crippen molar-refractivity contribution in [1.82, 2.24) is 0 Å². The van der Waals surface area contributed by atoms with Crippen molar-refractivity contribution in [3.8, 4) is 0 Å². The van der Waals surface area contributed by atoms with Crippen molar-refractivity contribution in [2.24, 2.45) is 5.92 Å². The lowest BCUT2D eigenvalue weighted by molar-refractivity contribution is 0.602. The van der Waals surface area contributed by atoms with Crippen LogP contribution in [-0.4, -0.2) is 16.5 Å². The standard InChI is InChI=1S/C14H20ClNOS/c1-10-3-4-12(7-10)16-13-5-6-14(15)11(8-13)9-18(2)17/h5-6,8,10,12,16H,3-4,7,9H2,1-2H3/t10-,12+,18+/m1/s1. The summed E-state index contributed by atoms with van der Waals surface area (Å²) in [5, 5.41) is 4.26. The Labute approximate surface area is 117 Å². The molecule has 1 fully saturated rings. The summed E-state index contributed by atoms with van der Waals surface area (Å²) < 4.78 is 11.3. The van der Waals surface area contributed by atoms with Gasteiger partial charge >= 0.3 is 0 Å². The zero-order valence-electron chi connectivity index (χ0n) is 10.9. The molecule has 3 atom stereocenters. The van der Waals surface area contributed by atoms with Crippen LogP contribution in [0.15, 0.2) is 18.2 Å². The summed E-state index contributed by atoms with van der Waals surface area (Å²) >= 11 is 6.12. The highest BCUT2D eigenvalue weighted by atomic mass is 35.5. The third-order valence-corrected chi connectivity index (χ3v) is 4.56. The van der Waals surface area contributed by atoms with Gasteiger partial charge in [-0.3, -0.25) is 4.21 Å². The van der Waals surface area contributed by atoms with E-state index in [4.69, 9.17) is 11.6 Å². The fraction of sp³-hybridized carbons (Fsp3) is 0.571. The molecule has 0 spiro atoms. The quantitative estimate of drug-likeness (QED) is 0.911. The highest BCUT2D eigenvalue weighted by Gasteiger charge is 2.21. The van der Waals surface area contributed by atoms with Crippen molar-refractivity contribution in [3.05, 3.63) is 28.8 Å². The average Bonchev–Trinajstić information content (AvgIpc) is 2.68. The van der Waals surface area contributed by atoms with Crippen LogP contribution in [-0.2, 0) is 16.6 Å². The van der Waals surface area contributed by atoms with Gasteiger partial charge in [0.2, 0.25) is 0 Å². The largest absolute Gasteiger partial charge is 0.382 e. The summed E-state index contributed by atoms with van der Waals surface area (Å²) in [5.41, 5.74) is 2.06. The Balaban J connectivity index is 2.07. The second-order valence-electron chi connectivity index (χ2n) is 5.28. The van der Waals surface area contributed by atoms with Crippen LogP contribution in [0.5, 0.6) is 0 Å². The second kappa shape index (κ2) is 6.07. The predicted molar refractivity (Wildman–Crippen MR) is 79.6 cm³/mol. The van der Waals surface area contributed by atoms with Gasteiger partial charge in [-0.1, -0.05) is 18.5 Å². The van der Waals surface area contributed by atoms with Crippen LogP contribution in [0.1, 0.15) is 31.7 Å². The van der Waals surface area contributed by atoms with E-state index in [9.17, 15) is 4.21 Å². The first-order chi connectivity index (χ1) is 8.54. The lowest BCUT2D eigenvalue weighted by Crippen LogP contribution is -2.15. The van der Waals surface area contributed by atoms with E-state index >= 15 is 0 Å². The van der Waals surface area contributed by atoms with Crippen LogP contribution in [0.25, 0.3) is 0 Å². The molecule has 2 nitrogen and oxygen atoms in total. The van der Waals surface area contributed by atoms with Crippen molar-refractivity contribution in [2.75, 3.05) is 11.6 Å². The summed E-state index contributed by atoms with van der Waals surface area (Å²) in [4.78, 5) is 0. The summed E-state index contributed by atoms with van der Waals surface area (Å²) in [5.74, 6) is 1.34. The van der Waals surface area contributed by atoms with Gasteiger partial charge < -0.3 is 5.32 Å². The Hall–Kier alpha value is -0.540. The summed E-state index contributed by atoms with van der Waals surface area (Å²) in [7, 11) is -0.857. The minimum Gasteiger partial charge on any atom is -0.382 e. The molecule has 0 radical (unpaired) electrons. The molecule has 0 amide bonds. The Morgan fingerprint density at radius 2 is 2.22 bits per heavy atom. The molecule has 0 aromatic heterocycles. The highest BCUT2D eigenvalue weighted by Crippen LogP contribution is 2.29. The van der Waals surface area contributed by atoms with Crippen molar-refractivity contribution >= 4 is 28.1 Å². The average molecular weight is 286 g/mol. The molecule has 1 aromatic carbocycles. The van der Waals surface area contributed by atoms with Crippen molar-refractivity contribution < 1.29 is 4.21 Å². The summed E-state index contributed by atoms with van der Waals surface area (Å²) in [6.07, 6.45) is 5.47. The van der Waals surface area contributed by atoms with Gasteiger partial charge in [0, 0.05) is 39.6 Å². The third-order valence-electron chi connectivity index (χ3n) is 3.47. The molecule has 0 aliphatic heterocycles. The van der Waals surface area contributed by atoms with Crippen LogP contribution in [0.2, 0.25) is 5.02 Å². The number of halogens is 1. The molecule has 0 unspecified atom stereocenters. The minimum absolute atomic E-state index is 0.523. The zero-order chi connectivity index (χ0) is 13.1. The molecule has 0 heterocycles. The number of rotatable bonds is 4. The molecular weight excluding hydrogens is 266 g/mol. The fourth-order valence-electron chi connectivity index (χ4n) is 2.57. The van der Waals surface area contributed by atoms with Gasteiger partial charge in [-0.15, -0.1) is 0 Å². The third kappa shape index (κ3) is 3.72. The van der Waals surface area contributed by atoms with Gasteiger partial charge in [0.15, 0.2) is 0 Å². The van der Waals surface area contributed by atoms with Crippen LogP contribution in [0.4, 0.5) is 5.69 Å². The maximum Gasteiger partial charge on any atom is 0.0498 e. The number of nitrogens with one attached hydrogen (secondary N) is 1. The normalized spacial score (nSPS) is 25.1. The van der Waals surface area contributed by atoms with Gasteiger partial charge in [-0.25, -0.2) is 0 Å². The topological polar surface area (TPSA) is 29.1 Å². The Bertz CT molecular complexity index is 449. The van der Waals surface area contributed by atoms with Gasteiger partial charge in [0.05, 0.1) is 0 Å². The summed E-state index contributed by atoms with van der Waals surface area (Å²) in [6, 6.07) is 6.51. The van der Waals surface area contributed by atoms with Crippen molar-refractivity contribution in [3.63, 3.8) is 0 Å². The molecule has 1 aliphatic rings. The molecule has 0 bridgehead atoms. The van der Waals surface area contributed by atoms with E-state index in [1.165, 1.54) is 19.3 Å². The second-order valence-corrected chi connectivity index (χ2v) is 7.13. The maximum atomic E-state index is 11.3. The Morgan fingerprint density at radius 3 is 2.83 bits per heavy atom. The zero-order valence-corrected chi connectivity index (χ0v) is 12.5. The lowest BCUT2D eigenvalue weighted by atomic mass is 10.1. The van der Waals surface area contributed by atoms with E-state index < -0.39 is 10.8 Å². The van der Waals surface area contributed by atoms with Crippen LogP contribution in [0.3, 0.4) is 0 Å². The first-order valence-electron chi connectivity index (χ1n) is 6.39. The van der Waals surface area contributed by atoms with E-state index in [-0.39, 0.29) is 0 Å². The lowest BCUT2D eigenvalue weighted by Gasteiger charge is -2.15. The van der Waals surface area contributed by atoms with Crippen molar-refractivity contribution in [2.45, 2.75) is 38.0 Å². The molecule has 1 N–H and O–H groups in total. The predicted octanol–water partition coefficient (Wildman–Crippen LogP) is 3.82. The van der Waals surface area contributed by atoms with Gasteiger partial charge in [-0.2, -0.15) is 0 Å². The molecule has 2 rings (SSSR count).